The summed E-state index contributed by atoms with van der Waals surface area (Å²) in [6.45, 7) is 5.92. The minimum absolute atomic E-state index is 0.171. The van der Waals surface area contributed by atoms with Crippen molar-refractivity contribution in [1.29, 1.82) is 0 Å². The number of rotatable bonds is 7. The largest absolute Gasteiger partial charge is 0.356 e. The first-order chi connectivity index (χ1) is 9.70. The van der Waals surface area contributed by atoms with Crippen molar-refractivity contribution < 1.29 is 4.39 Å². The Kier molecular flexibility index (Phi) is 5.16. The highest BCUT2D eigenvalue weighted by Crippen LogP contribution is 2.13. The molecule has 20 heavy (non-hydrogen) atoms. The third-order valence-electron chi connectivity index (χ3n) is 3.46. The third-order valence-corrected chi connectivity index (χ3v) is 3.46. The molecule has 2 aromatic rings. The topological polar surface area (TPSA) is 29.9 Å². The Bertz CT molecular complexity index is 548. The normalized spacial score (nSPS) is 10.8. The van der Waals surface area contributed by atoms with Crippen LogP contribution < -0.4 is 5.32 Å². The molecule has 0 unspecified atom stereocenters. The molecule has 1 heterocycles. The number of hydrogen-bond acceptors (Lipinski definition) is 2. The van der Waals surface area contributed by atoms with Gasteiger partial charge in [0.2, 0.25) is 5.95 Å². The fourth-order valence-corrected chi connectivity index (χ4v) is 2.21. The molecular formula is C16H22FN3. The number of hydrogen-bond donors (Lipinski definition) is 1. The molecular weight excluding hydrogens is 253 g/mol. The lowest BCUT2D eigenvalue weighted by Gasteiger charge is -2.11. The second kappa shape index (κ2) is 7.08. The van der Waals surface area contributed by atoms with E-state index in [-0.39, 0.29) is 5.82 Å². The second-order valence-electron chi connectivity index (χ2n) is 5.05. The van der Waals surface area contributed by atoms with E-state index in [9.17, 15) is 4.39 Å². The number of halogens is 1. The van der Waals surface area contributed by atoms with Crippen LogP contribution in [0.2, 0.25) is 0 Å². The lowest BCUT2D eigenvalue weighted by atomic mass is 10.1. The van der Waals surface area contributed by atoms with Crippen molar-refractivity contribution in [3.63, 3.8) is 0 Å². The van der Waals surface area contributed by atoms with Gasteiger partial charge in [0, 0.05) is 25.5 Å². The molecule has 4 heteroatoms. The van der Waals surface area contributed by atoms with Crippen molar-refractivity contribution in [3.05, 3.63) is 47.5 Å². The molecule has 0 radical (unpaired) electrons. The van der Waals surface area contributed by atoms with Crippen molar-refractivity contribution >= 4 is 5.95 Å². The predicted octanol–water partition coefficient (Wildman–Crippen LogP) is 3.79. The Morgan fingerprint density at radius 1 is 1.35 bits per heavy atom. The van der Waals surface area contributed by atoms with Crippen LogP contribution in [0.4, 0.5) is 10.3 Å². The van der Waals surface area contributed by atoms with Crippen LogP contribution >= 0.6 is 0 Å². The highest BCUT2D eigenvalue weighted by atomic mass is 19.1. The fourth-order valence-electron chi connectivity index (χ4n) is 2.21. The Hall–Kier alpha value is -1.84. The molecule has 1 aromatic carbocycles. The first-order valence-corrected chi connectivity index (χ1v) is 7.20. The van der Waals surface area contributed by atoms with Gasteiger partial charge in [-0.3, -0.25) is 0 Å². The molecule has 0 spiro atoms. The standard InChI is InChI=1S/C16H22FN3/c1-3-4-8-18-16-19-9-11-20(16)10-7-14-5-6-15(17)12-13(14)2/h5-6,9,11-12H,3-4,7-8,10H2,1-2H3,(H,18,19). The summed E-state index contributed by atoms with van der Waals surface area (Å²) in [7, 11) is 0. The SMILES string of the molecule is CCCCNc1nccn1CCc1ccc(F)cc1C. The molecule has 1 aromatic heterocycles. The number of aryl methyl sites for hydroxylation is 3. The Morgan fingerprint density at radius 2 is 2.20 bits per heavy atom. The molecule has 1 N–H and O–H groups in total. The summed E-state index contributed by atoms with van der Waals surface area (Å²) in [4.78, 5) is 4.33. The van der Waals surface area contributed by atoms with Gasteiger partial charge in [-0.05, 0) is 43.0 Å². The van der Waals surface area contributed by atoms with Gasteiger partial charge in [0.1, 0.15) is 5.82 Å². The molecule has 2 rings (SSSR count). The van der Waals surface area contributed by atoms with Crippen LogP contribution in [0, 0.1) is 12.7 Å². The van der Waals surface area contributed by atoms with Crippen LogP contribution in [0.25, 0.3) is 0 Å². The quantitative estimate of drug-likeness (QED) is 0.779. The summed E-state index contributed by atoms with van der Waals surface area (Å²) >= 11 is 0. The summed E-state index contributed by atoms with van der Waals surface area (Å²) in [5, 5.41) is 3.35. The maximum Gasteiger partial charge on any atom is 0.202 e. The van der Waals surface area contributed by atoms with Gasteiger partial charge < -0.3 is 9.88 Å². The third kappa shape index (κ3) is 3.83. The van der Waals surface area contributed by atoms with Crippen molar-refractivity contribution in [1.82, 2.24) is 9.55 Å². The predicted molar refractivity (Wildman–Crippen MR) is 80.5 cm³/mol. The molecule has 0 bridgehead atoms. The zero-order valence-corrected chi connectivity index (χ0v) is 12.2. The summed E-state index contributed by atoms with van der Waals surface area (Å²) in [6.07, 6.45) is 6.98. The second-order valence-corrected chi connectivity index (χ2v) is 5.05. The molecule has 0 saturated heterocycles. The number of nitrogens with one attached hydrogen (secondary N) is 1. The van der Waals surface area contributed by atoms with Crippen LogP contribution in [0.15, 0.2) is 30.6 Å². The average molecular weight is 275 g/mol. The molecule has 0 amide bonds. The van der Waals surface area contributed by atoms with Crippen LogP contribution in [0.3, 0.4) is 0 Å². The highest BCUT2D eigenvalue weighted by molar-refractivity contribution is 5.28. The average Bonchev–Trinajstić information content (AvgIpc) is 2.86. The molecule has 0 saturated carbocycles. The van der Waals surface area contributed by atoms with Crippen LogP contribution in [0.1, 0.15) is 30.9 Å². The van der Waals surface area contributed by atoms with E-state index in [4.69, 9.17) is 0 Å². The van der Waals surface area contributed by atoms with E-state index in [1.165, 1.54) is 18.1 Å². The monoisotopic (exact) mass is 275 g/mol. The minimum atomic E-state index is -0.171. The zero-order valence-electron chi connectivity index (χ0n) is 12.2. The van der Waals surface area contributed by atoms with Gasteiger partial charge in [0.05, 0.1) is 0 Å². The summed E-state index contributed by atoms with van der Waals surface area (Å²) < 4.78 is 15.2. The molecule has 3 nitrogen and oxygen atoms in total. The fraction of sp³-hybridized carbons (Fsp3) is 0.438. The number of imidazole rings is 1. The molecule has 0 aliphatic heterocycles. The van der Waals surface area contributed by atoms with Crippen LogP contribution in [0.5, 0.6) is 0 Å². The summed E-state index contributed by atoms with van der Waals surface area (Å²) in [5.74, 6) is 0.744. The maximum atomic E-state index is 13.1. The Morgan fingerprint density at radius 3 is 2.95 bits per heavy atom. The van der Waals surface area contributed by atoms with Gasteiger partial charge in [0.15, 0.2) is 0 Å². The number of nitrogens with zero attached hydrogens (tertiary/aromatic N) is 2. The number of anilines is 1. The van der Waals surface area contributed by atoms with Gasteiger partial charge >= 0.3 is 0 Å². The number of unbranched alkanes of at least 4 members (excludes halogenated alkanes) is 1. The first-order valence-electron chi connectivity index (χ1n) is 7.20. The Balaban J connectivity index is 1.95. The van der Waals surface area contributed by atoms with Gasteiger partial charge in [0.25, 0.3) is 0 Å². The van der Waals surface area contributed by atoms with E-state index in [1.54, 1.807) is 6.07 Å². The zero-order chi connectivity index (χ0) is 14.4. The molecule has 0 aliphatic rings. The van der Waals surface area contributed by atoms with E-state index in [2.05, 4.69) is 21.8 Å². The van der Waals surface area contributed by atoms with Gasteiger partial charge in [-0.15, -0.1) is 0 Å². The van der Waals surface area contributed by atoms with Crippen LogP contribution in [-0.4, -0.2) is 16.1 Å². The number of aromatic nitrogens is 2. The van der Waals surface area contributed by atoms with E-state index in [0.29, 0.717) is 0 Å². The van der Waals surface area contributed by atoms with Gasteiger partial charge in [-0.25, -0.2) is 9.37 Å². The molecule has 108 valence electrons. The van der Waals surface area contributed by atoms with Crippen molar-refractivity contribution in [2.75, 3.05) is 11.9 Å². The van der Waals surface area contributed by atoms with E-state index < -0.39 is 0 Å². The van der Waals surface area contributed by atoms with E-state index in [1.807, 2.05) is 25.4 Å². The van der Waals surface area contributed by atoms with E-state index in [0.717, 1.165) is 37.4 Å². The number of benzene rings is 1. The lowest BCUT2D eigenvalue weighted by Crippen LogP contribution is -2.10. The maximum absolute atomic E-state index is 13.1. The summed E-state index contributed by atoms with van der Waals surface area (Å²) in [6, 6.07) is 4.98. The van der Waals surface area contributed by atoms with Gasteiger partial charge in [-0.2, -0.15) is 0 Å². The molecule has 0 aliphatic carbocycles. The Labute approximate surface area is 119 Å². The van der Waals surface area contributed by atoms with Crippen molar-refractivity contribution in [2.24, 2.45) is 0 Å². The summed E-state index contributed by atoms with van der Waals surface area (Å²) in [5.41, 5.74) is 2.19. The van der Waals surface area contributed by atoms with Crippen LogP contribution in [-0.2, 0) is 13.0 Å². The molecule has 0 fully saturated rings. The minimum Gasteiger partial charge on any atom is -0.356 e. The van der Waals surface area contributed by atoms with Crippen molar-refractivity contribution in [2.45, 2.75) is 39.7 Å². The smallest absolute Gasteiger partial charge is 0.202 e. The first kappa shape index (κ1) is 14.6. The van der Waals surface area contributed by atoms with E-state index >= 15 is 0 Å². The molecule has 0 atom stereocenters. The van der Waals surface area contributed by atoms with Gasteiger partial charge in [-0.1, -0.05) is 19.4 Å². The highest BCUT2D eigenvalue weighted by Gasteiger charge is 2.04. The lowest BCUT2D eigenvalue weighted by molar-refractivity contribution is 0.623. The van der Waals surface area contributed by atoms with Crippen molar-refractivity contribution in [3.8, 4) is 0 Å².